The highest BCUT2D eigenvalue weighted by Gasteiger charge is 2.11. The third kappa shape index (κ3) is 1.66. The number of fused-ring (bicyclic) bond motifs is 2. The molecule has 3 aromatic heterocycles. The molecule has 3 heterocycles. The van der Waals surface area contributed by atoms with Gasteiger partial charge in [0.25, 0.3) is 0 Å². The van der Waals surface area contributed by atoms with Gasteiger partial charge in [-0.2, -0.15) is 0 Å². The molecular formula is C10H7N7S2. The zero-order valence-electron chi connectivity index (χ0n) is 9.52. The lowest BCUT2D eigenvalue weighted by molar-refractivity contribution is 0.628. The number of nitrogens with zero attached hydrogens (tertiary/aromatic N) is 6. The first-order valence-electron chi connectivity index (χ1n) is 5.52. The lowest BCUT2D eigenvalue weighted by Gasteiger charge is -1.99. The normalized spacial score (nSPS) is 11.6. The largest absolute Gasteiger partial charge is 0.271 e. The molecule has 0 saturated heterocycles. The molecular weight excluding hydrogens is 282 g/mol. The monoisotopic (exact) mass is 289 g/mol. The van der Waals surface area contributed by atoms with Crippen molar-refractivity contribution in [1.82, 2.24) is 34.8 Å². The number of H-pyrrole nitrogens is 1. The topological polar surface area (TPSA) is 76.7 Å². The van der Waals surface area contributed by atoms with E-state index in [9.17, 15) is 0 Å². The average molecular weight is 289 g/mol. The molecule has 0 aliphatic rings. The third-order valence-corrected chi connectivity index (χ3v) is 3.86. The summed E-state index contributed by atoms with van der Waals surface area (Å²) in [5.41, 5.74) is 1.83. The van der Waals surface area contributed by atoms with E-state index in [2.05, 4.69) is 25.6 Å². The van der Waals surface area contributed by atoms with Crippen LogP contribution in [0.25, 0.3) is 16.0 Å². The summed E-state index contributed by atoms with van der Waals surface area (Å²) in [5.74, 6) is 0.748. The van der Waals surface area contributed by atoms with E-state index in [1.807, 2.05) is 24.3 Å². The van der Waals surface area contributed by atoms with Crippen molar-refractivity contribution in [3.8, 4) is 0 Å². The van der Waals surface area contributed by atoms with Gasteiger partial charge in [-0.3, -0.25) is 5.10 Å². The molecule has 19 heavy (non-hydrogen) atoms. The summed E-state index contributed by atoms with van der Waals surface area (Å²) in [6.45, 7) is 0.490. The van der Waals surface area contributed by atoms with Crippen molar-refractivity contribution in [2.24, 2.45) is 0 Å². The van der Waals surface area contributed by atoms with E-state index in [4.69, 9.17) is 12.2 Å². The standard InChI is InChI=1S/C10H7N7S2/c18-10-14-17-8(12-13-9(17)19-10)5-16-7-4-2-1-3-6(7)11-15-16/h1-4H,5H2,(H,14,18). The van der Waals surface area contributed by atoms with Gasteiger partial charge in [0.05, 0.1) is 5.52 Å². The molecule has 1 N–H and O–H groups in total. The van der Waals surface area contributed by atoms with Gasteiger partial charge in [-0.1, -0.05) is 28.7 Å². The quantitative estimate of drug-likeness (QED) is 0.568. The molecule has 0 amide bonds. The van der Waals surface area contributed by atoms with Crippen LogP contribution in [0, 0.1) is 3.95 Å². The maximum Gasteiger partial charge on any atom is 0.233 e. The maximum atomic E-state index is 5.09. The number of aromatic nitrogens is 7. The molecule has 7 nitrogen and oxygen atoms in total. The summed E-state index contributed by atoms with van der Waals surface area (Å²) >= 11 is 6.48. The lowest BCUT2D eigenvalue weighted by Crippen LogP contribution is -2.06. The second kappa shape index (κ2) is 3.93. The van der Waals surface area contributed by atoms with E-state index in [0.717, 1.165) is 21.8 Å². The second-order valence-corrected chi connectivity index (χ2v) is 5.62. The Kier molecular flexibility index (Phi) is 2.23. The van der Waals surface area contributed by atoms with Crippen molar-refractivity contribution >= 4 is 39.5 Å². The minimum Gasteiger partial charge on any atom is -0.271 e. The molecule has 0 fully saturated rings. The van der Waals surface area contributed by atoms with Gasteiger partial charge >= 0.3 is 0 Å². The van der Waals surface area contributed by atoms with Gasteiger partial charge in [0.2, 0.25) is 4.96 Å². The van der Waals surface area contributed by atoms with Gasteiger partial charge in [0.15, 0.2) is 9.78 Å². The smallest absolute Gasteiger partial charge is 0.233 e. The van der Waals surface area contributed by atoms with Gasteiger partial charge < -0.3 is 0 Å². The molecule has 0 aliphatic carbocycles. The fourth-order valence-corrected chi connectivity index (χ4v) is 2.89. The van der Waals surface area contributed by atoms with Crippen molar-refractivity contribution in [2.45, 2.75) is 6.54 Å². The van der Waals surface area contributed by atoms with E-state index in [-0.39, 0.29) is 0 Å². The van der Waals surface area contributed by atoms with E-state index in [1.165, 1.54) is 11.3 Å². The van der Waals surface area contributed by atoms with Gasteiger partial charge in [0.1, 0.15) is 12.1 Å². The number of hydrogen-bond acceptors (Lipinski definition) is 6. The van der Waals surface area contributed by atoms with Crippen LogP contribution in [0.5, 0.6) is 0 Å². The summed E-state index contributed by atoms with van der Waals surface area (Å²) in [5, 5.41) is 19.5. The van der Waals surface area contributed by atoms with Crippen LogP contribution in [0.3, 0.4) is 0 Å². The van der Waals surface area contributed by atoms with Crippen molar-refractivity contribution in [2.75, 3.05) is 0 Å². The number of para-hydroxylation sites is 1. The Balaban J connectivity index is 1.84. The predicted molar refractivity (Wildman–Crippen MR) is 72.7 cm³/mol. The summed E-state index contributed by atoms with van der Waals surface area (Å²) in [7, 11) is 0. The Hall–Kier alpha value is -2.13. The van der Waals surface area contributed by atoms with Crippen LogP contribution in [0.1, 0.15) is 5.82 Å². The molecule has 0 atom stereocenters. The fraction of sp³-hybridized carbons (Fsp3) is 0.100. The molecule has 1 aromatic carbocycles. The minimum atomic E-state index is 0.490. The Morgan fingerprint density at radius 1 is 1.21 bits per heavy atom. The van der Waals surface area contributed by atoms with E-state index in [0.29, 0.717) is 10.5 Å². The van der Waals surface area contributed by atoms with E-state index in [1.54, 1.807) is 9.20 Å². The summed E-state index contributed by atoms with van der Waals surface area (Å²) < 4.78 is 4.25. The van der Waals surface area contributed by atoms with Gasteiger partial charge in [-0.25, -0.2) is 9.20 Å². The van der Waals surface area contributed by atoms with Crippen LogP contribution in [-0.4, -0.2) is 34.8 Å². The Morgan fingerprint density at radius 3 is 3.05 bits per heavy atom. The molecule has 94 valence electrons. The van der Waals surface area contributed by atoms with Gasteiger partial charge in [-0.15, -0.1) is 15.3 Å². The minimum absolute atomic E-state index is 0.490. The summed E-state index contributed by atoms with van der Waals surface area (Å²) in [6, 6.07) is 7.80. The highest BCUT2D eigenvalue weighted by molar-refractivity contribution is 7.73. The first-order chi connectivity index (χ1) is 9.31. The van der Waals surface area contributed by atoms with Crippen LogP contribution in [0.2, 0.25) is 0 Å². The van der Waals surface area contributed by atoms with E-state index < -0.39 is 0 Å². The number of aromatic amines is 1. The zero-order valence-corrected chi connectivity index (χ0v) is 11.1. The van der Waals surface area contributed by atoms with Gasteiger partial charge in [-0.05, 0) is 24.4 Å². The average Bonchev–Trinajstić information content (AvgIpc) is 3.07. The lowest BCUT2D eigenvalue weighted by atomic mass is 10.3. The van der Waals surface area contributed by atoms with Crippen LogP contribution in [0.15, 0.2) is 24.3 Å². The Labute approximate surface area is 115 Å². The number of rotatable bonds is 2. The van der Waals surface area contributed by atoms with E-state index >= 15 is 0 Å². The van der Waals surface area contributed by atoms with Crippen molar-refractivity contribution in [3.63, 3.8) is 0 Å². The zero-order chi connectivity index (χ0) is 12.8. The summed E-state index contributed by atoms with van der Waals surface area (Å²) in [6.07, 6.45) is 0. The number of hydrogen-bond donors (Lipinski definition) is 1. The SMILES string of the molecule is S=c1[nH]n2c(Cn3nnc4ccccc43)nnc2s1. The van der Waals surface area contributed by atoms with Crippen molar-refractivity contribution in [3.05, 3.63) is 34.0 Å². The Bertz CT molecular complexity index is 928. The molecule has 9 heteroatoms. The first kappa shape index (κ1) is 10.8. The van der Waals surface area contributed by atoms with Crippen LogP contribution in [0.4, 0.5) is 0 Å². The number of nitrogens with one attached hydrogen (secondary N) is 1. The summed E-state index contributed by atoms with van der Waals surface area (Å²) in [4.78, 5) is 0.754. The van der Waals surface area contributed by atoms with Gasteiger partial charge in [0, 0.05) is 0 Å². The highest BCUT2D eigenvalue weighted by Crippen LogP contribution is 2.13. The van der Waals surface area contributed by atoms with Crippen LogP contribution < -0.4 is 0 Å². The molecule has 0 spiro atoms. The molecule has 4 aromatic rings. The second-order valence-electron chi connectivity index (χ2n) is 3.97. The number of benzene rings is 1. The molecule has 0 aliphatic heterocycles. The molecule has 0 radical (unpaired) electrons. The maximum absolute atomic E-state index is 5.09. The molecule has 0 bridgehead atoms. The van der Waals surface area contributed by atoms with Crippen LogP contribution in [-0.2, 0) is 6.54 Å². The molecule has 0 unspecified atom stereocenters. The van der Waals surface area contributed by atoms with Crippen LogP contribution >= 0.6 is 23.6 Å². The molecule has 0 saturated carbocycles. The highest BCUT2D eigenvalue weighted by atomic mass is 32.1. The van der Waals surface area contributed by atoms with Crippen molar-refractivity contribution in [1.29, 1.82) is 0 Å². The van der Waals surface area contributed by atoms with Crippen molar-refractivity contribution < 1.29 is 0 Å². The first-order valence-corrected chi connectivity index (χ1v) is 6.75. The third-order valence-electron chi connectivity index (χ3n) is 2.80. The fourth-order valence-electron chi connectivity index (χ4n) is 1.95. The molecule has 4 rings (SSSR count). The predicted octanol–water partition coefficient (Wildman–Crippen LogP) is 1.64. The Morgan fingerprint density at radius 2 is 2.11 bits per heavy atom.